The number of carbonyl (C=O) groups is 1. The topological polar surface area (TPSA) is 63.2 Å². The van der Waals surface area contributed by atoms with Gasteiger partial charge in [-0.05, 0) is 24.3 Å². The summed E-state index contributed by atoms with van der Waals surface area (Å²) in [5.74, 6) is 1.98. The van der Waals surface area contributed by atoms with Gasteiger partial charge in [-0.3, -0.25) is 0 Å². The molecular formula is C17H13BrO6. The molecule has 124 valence electrons. The molecule has 0 fully saturated rings. The molecule has 0 radical (unpaired) electrons. The molecule has 2 aromatic carbocycles. The van der Waals surface area contributed by atoms with Gasteiger partial charge in [0.25, 0.3) is 0 Å². The van der Waals surface area contributed by atoms with E-state index in [0.717, 1.165) is 10.0 Å². The number of carbonyl (C=O) groups excluding carboxylic acids is 1. The molecule has 4 rings (SSSR count). The Labute approximate surface area is 146 Å². The molecule has 2 aromatic rings. The van der Waals surface area contributed by atoms with Crippen LogP contribution in [0.5, 0.6) is 23.0 Å². The van der Waals surface area contributed by atoms with Gasteiger partial charge < -0.3 is 23.7 Å². The molecule has 1 atom stereocenters. The quantitative estimate of drug-likeness (QED) is 0.748. The van der Waals surface area contributed by atoms with E-state index in [-0.39, 0.29) is 20.0 Å². The van der Waals surface area contributed by atoms with E-state index in [4.69, 9.17) is 23.7 Å². The maximum absolute atomic E-state index is 12.2. The number of fused-ring (bicyclic) bond motifs is 2. The monoisotopic (exact) mass is 392 g/mol. The zero-order valence-corrected chi connectivity index (χ0v) is 14.1. The first-order valence-electron chi connectivity index (χ1n) is 7.34. The lowest BCUT2D eigenvalue weighted by atomic mass is 10.2. The van der Waals surface area contributed by atoms with E-state index in [1.165, 1.54) is 0 Å². The molecule has 0 saturated carbocycles. The fraction of sp³-hybridized carbons (Fsp3) is 0.235. The second-order valence-corrected chi connectivity index (χ2v) is 6.12. The Morgan fingerprint density at radius 2 is 1.83 bits per heavy atom. The maximum Gasteiger partial charge on any atom is 0.351 e. The normalized spacial score (nSPS) is 17.5. The zero-order valence-electron chi connectivity index (χ0n) is 12.5. The Balaban J connectivity index is 1.41. The van der Waals surface area contributed by atoms with Gasteiger partial charge in [-0.15, -0.1) is 0 Å². The van der Waals surface area contributed by atoms with Crippen molar-refractivity contribution in [2.24, 2.45) is 0 Å². The summed E-state index contributed by atoms with van der Waals surface area (Å²) >= 11 is 3.43. The van der Waals surface area contributed by atoms with Crippen molar-refractivity contribution in [1.82, 2.24) is 0 Å². The predicted molar refractivity (Wildman–Crippen MR) is 86.4 cm³/mol. The lowest BCUT2D eigenvalue weighted by Gasteiger charge is -2.25. The lowest BCUT2D eigenvalue weighted by molar-refractivity contribution is -0.155. The van der Waals surface area contributed by atoms with Gasteiger partial charge in [-0.2, -0.15) is 0 Å². The van der Waals surface area contributed by atoms with Crippen molar-refractivity contribution in [2.45, 2.75) is 12.7 Å². The summed E-state index contributed by atoms with van der Waals surface area (Å²) in [6, 6.07) is 10.8. The maximum atomic E-state index is 12.2. The summed E-state index contributed by atoms with van der Waals surface area (Å²) in [4.78, 5) is 12.2. The minimum Gasteiger partial charge on any atom is -0.485 e. The molecule has 0 saturated heterocycles. The highest BCUT2D eigenvalue weighted by Crippen LogP contribution is 2.37. The van der Waals surface area contributed by atoms with E-state index in [1.54, 1.807) is 24.3 Å². The van der Waals surface area contributed by atoms with E-state index in [0.29, 0.717) is 23.0 Å². The first-order valence-corrected chi connectivity index (χ1v) is 8.13. The fourth-order valence-electron chi connectivity index (χ4n) is 2.45. The summed E-state index contributed by atoms with van der Waals surface area (Å²) in [6.45, 7) is 0.410. The number of esters is 1. The highest BCUT2D eigenvalue weighted by atomic mass is 79.9. The number of hydrogen-bond acceptors (Lipinski definition) is 6. The van der Waals surface area contributed by atoms with Crippen LogP contribution in [-0.4, -0.2) is 25.5 Å². The average Bonchev–Trinajstić information content (AvgIpc) is 3.06. The van der Waals surface area contributed by atoms with Gasteiger partial charge in [-0.1, -0.05) is 28.1 Å². The summed E-state index contributed by atoms with van der Waals surface area (Å²) in [5, 5.41) is 0. The highest BCUT2D eigenvalue weighted by molar-refractivity contribution is 9.10. The van der Waals surface area contributed by atoms with Crippen molar-refractivity contribution < 1.29 is 28.5 Å². The first-order chi connectivity index (χ1) is 11.7. The number of hydrogen-bond donors (Lipinski definition) is 0. The second kappa shape index (κ2) is 6.24. The Kier molecular flexibility index (Phi) is 3.93. The molecule has 2 heterocycles. The fourth-order valence-corrected chi connectivity index (χ4v) is 2.88. The number of halogens is 1. The van der Waals surface area contributed by atoms with Crippen molar-refractivity contribution in [3.63, 3.8) is 0 Å². The van der Waals surface area contributed by atoms with Crippen LogP contribution in [0.3, 0.4) is 0 Å². The Bertz CT molecular complexity index is 791. The van der Waals surface area contributed by atoms with E-state index in [1.807, 2.05) is 12.1 Å². The molecule has 0 spiro atoms. The van der Waals surface area contributed by atoms with Gasteiger partial charge in [0, 0.05) is 10.0 Å². The van der Waals surface area contributed by atoms with Crippen LogP contribution in [0.4, 0.5) is 0 Å². The molecule has 6 nitrogen and oxygen atoms in total. The average molecular weight is 393 g/mol. The summed E-state index contributed by atoms with van der Waals surface area (Å²) in [5.41, 5.74) is 0.782. The molecule has 0 N–H and O–H groups in total. The predicted octanol–water partition coefficient (Wildman–Crippen LogP) is 3.06. The van der Waals surface area contributed by atoms with Crippen LogP contribution in [0.2, 0.25) is 0 Å². The van der Waals surface area contributed by atoms with E-state index in [2.05, 4.69) is 15.9 Å². The van der Waals surface area contributed by atoms with Crippen molar-refractivity contribution in [3.05, 3.63) is 46.4 Å². The molecule has 0 amide bonds. The van der Waals surface area contributed by atoms with Crippen LogP contribution in [0.15, 0.2) is 40.9 Å². The molecule has 0 aliphatic carbocycles. The number of para-hydroxylation sites is 2. The molecule has 0 aromatic heterocycles. The van der Waals surface area contributed by atoms with E-state index >= 15 is 0 Å². The summed E-state index contributed by atoms with van der Waals surface area (Å²) < 4.78 is 27.9. The van der Waals surface area contributed by atoms with Gasteiger partial charge in [0.05, 0.1) is 0 Å². The number of rotatable bonds is 3. The van der Waals surface area contributed by atoms with Crippen LogP contribution in [0.25, 0.3) is 0 Å². The van der Waals surface area contributed by atoms with Crippen LogP contribution in [-0.2, 0) is 16.1 Å². The van der Waals surface area contributed by atoms with Crippen molar-refractivity contribution in [1.29, 1.82) is 0 Å². The van der Waals surface area contributed by atoms with E-state index < -0.39 is 12.1 Å². The van der Waals surface area contributed by atoms with Gasteiger partial charge in [0.1, 0.15) is 13.2 Å². The number of ether oxygens (including phenoxy) is 5. The molecular weight excluding hydrogens is 380 g/mol. The number of benzene rings is 2. The molecule has 2 aliphatic heterocycles. The SMILES string of the molecule is O=C(OCc1cc2c(cc1Br)OCO2)[C@@H]1COc2ccccc2O1. The van der Waals surface area contributed by atoms with Crippen molar-refractivity contribution in [3.8, 4) is 23.0 Å². The molecule has 0 bridgehead atoms. The first kappa shape index (κ1) is 15.1. The summed E-state index contributed by atoms with van der Waals surface area (Å²) in [6.07, 6.45) is -0.785. The van der Waals surface area contributed by atoms with Gasteiger partial charge in [0.15, 0.2) is 23.0 Å². The van der Waals surface area contributed by atoms with Crippen molar-refractivity contribution in [2.75, 3.05) is 13.4 Å². The van der Waals surface area contributed by atoms with Gasteiger partial charge in [-0.25, -0.2) is 4.79 Å². The molecule has 24 heavy (non-hydrogen) atoms. The zero-order chi connectivity index (χ0) is 16.5. The molecule has 0 unspecified atom stereocenters. The largest absolute Gasteiger partial charge is 0.485 e. The van der Waals surface area contributed by atoms with Gasteiger partial charge >= 0.3 is 5.97 Å². The molecule has 2 aliphatic rings. The highest BCUT2D eigenvalue weighted by Gasteiger charge is 2.29. The Hall–Kier alpha value is -2.41. The summed E-state index contributed by atoms with van der Waals surface area (Å²) in [7, 11) is 0. The van der Waals surface area contributed by atoms with Crippen LogP contribution in [0.1, 0.15) is 5.56 Å². The van der Waals surface area contributed by atoms with Crippen LogP contribution in [0, 0.1) is 0 Å². The Morgan fingerprint density at radius 1 is 1.08 bits per heavy atom. The van der Waals surface area contributed by atoms with E-state index in [9.17, 15) is 4.79 Å². The minimum atomic E-state index is -0.785. The third-order valence-electron chi connectivity index (χ3n) is 3.68. The van der Waals surface area contributed by atoms with Crippen LogP contribution >= 0.6 is 15.9 Å². The second-order valence-electron chi connectivity index (χ2n) is 5.27. The van der Waals surface area contributed by atoms with Gasteiger partial charge in [0.2, 0.25) is 12.9 Å². The standard InChI is InChI=1S/C17H13BrO6/c18-11-6-15-14(22-9-23-15)5-10(11)7-21-17(19)16-8-20-12-3-1-2-4-13(12)24-16/h1-6,16H,7-9H2/t16-/m0/s1. The smallest absolute Gasteiger partial charge is 0.351 e. The van der Waals surface area contributed by atoms with Crippen LogP contribution < -0.4 is 18.9 Å². The Morgan fingerprint density at radius 3 is 2.67 bits per heavy atom. The molecule has 7 heteroatoms. The third kappa shape index (κ3) is 2.87. The minimum absolute atomic E-state index is 0.0948. The van der Waals surface area contributed by atoms with Crippen molar-refractivity contribution >= 4 is 21.9 Å². The third-order valence-corrected chi connectivity index (χ3v) is 4.42. The lowest BCUT2D eigenvalue weighted by Crippen LogP contribution is -2.37.